The fraction of sp³-hybridized carbons (Fsp3) is 0.583. The van der Waals surface area contributed by atoms with Crippen molar-refractivity contribution in [3.05, 3.63) is 18.0 Å². The second kappa shape index (κ2) is 3.94. The first-order valence-electron chi connectivity index (χ1n) is 5.87. The van der Waals surface area contributed by atoms with Crippen LogP contribution in [0, 0.1) is 0 Å². The van der Waals surface area contributed by atoms with E-state index < -0.39 is 0 Å². The summed E-state index contributed by atoms with van der Waals surface area (Å²) in [5.41, 5.74) is 3.59. The lowest BCUT2D eigenvalue weighted by Crippen LogP contribution is -2.30. The first-order valence-corrected chi connectivity index (χ1v) is 5.87. The van der Waals surface area contributed by atoms with Crippen molar-refractivity contribution in [2.24, 2.45) is 0 Å². The molecule has 4 nitrogen and oxygen atoms in total. The molecular formula is C12H17N3O. The predicted octanol–water partition coefficient (Wildman–Crippen LogP) is 1.45. The minimum Gasteiger partial charge on any atom is -0.381 e. The number of anilines is 2. The molecule has 1 fully saturated rings. The Morgan fingerprint density at radius 2 is 2.50 bits per heavy atom. The van der Waals surface area contributed by atoms with E-state index in [1.807, 2.05) is 6.20 Å². The van der Waals surface area contributed by atoms with Crippen LogP contribution in [0.2, 0.25) is 0 Å². The maximum absolute atomic E-state index is 5.41. The van der Waals surface area contributed by atoms with E-state index in [1.54, 1.807) is 0 Å². The average molecular weight is 219 g/mol. The summed E-state index contributed by atoms with van der Waals surface area (Å²) in [5, 5.41) is 3.38. The minimum atomic E-state index is 0.487. The molecule has 1 unspecified atom stereocenters. The fourth-order valence-electron chi connectivity index (χ4n) is 2.38. The van der Waals surface area contributed by atoms with Crippen molar-refractivity contribution in [3.8, 4) is 0 Å². The number of pyridine rings is 1. The zero-order chi connectivity index (χ0) is 11.0. The summed E-state index contributed by atoms with van der Waals surface area (Å²) in [5.74, 6) is 0.487. The lowest BCUT2D eigenvalue weighted by Gasteiger charge is -2.29. The molecule has 0 aromatic carbocycles. The summed E-state index contributed by atoms with van der Waals surface area (Å²) in [6.07, 6.45) is 3.06. The number of hydrogen-bond acceptors (Lipinski definition) is 4. The van der Waals surface area contributed by atoms with Gasteiger partial charge in [0.2, 0.25) is 0 Å². The number of fused-ring (bicyclic) bond motifs is 1. The molecule has 86 valence electrons. The van der Waals surface area contributed by atoms with Crippen LogP contribution in [0.5, 0.6) is 0 Å². The molecular weight excluding hydrogens is 202 g/mol. The Morgan fingerprint density at radius 3 is 3.31 bits per heavy atom. The van der Waals surface area contributed by atoms with Crippen molar-refractivity contribution in [1.29, 1.82) is 0 Å². The summed E-state index contributed by atoms with van der Waals surface area (Å²) in [7, 11) is 2.13. The largest absolute Gasteiger partial charge is 0.381 e. The second-order valence-electron chi connectivity index (χ2n) is 4.54. The van der Waals surface area contributed by atoms with Crippen LogP contribution in [0.3, 0.4) is 0 Å². The number of aromatic nitrogens is 1. The van der Waals surface area contributed by atoms with Gasteiger partial charge in [-0.1, -0.05) is 0 Å². The van der Waals surface area contributed by atoms with Crippen LogP contribution in [0.25, 0.3) is 0 Å². The molecule has 1 aromatic rings. The standard InChI is InChI=1S/C12H17N3O/c1-15-4-3-13-11-7-14-10(6-12(11)15)9-2-5-16-8-9/h6-7,9,13H,2-5,8H2,1H3. The molecule has 1 saturated heterocycles. The van der Waals surface area contributed by atoms with Gasteiger partial charge in [0, 0.05) is 38.4 Å². The molecule has 1 N–H and O–H groups in total. The van der Waals surface area contributed by atoms with E-state index in [0.29, 0.717) is 5.92 Å². The van der Waals surface area contributed by atoms with Gasteiger partial charge in [-0.2, -0.15) is 0 Å². The molecule has 3 rings (SSSR count). The molecule has 0 radical (unpaired) electrons. The molecule has 2 aliphatic rings. The van der Waals surface area contributed by atoms with E-state index in [2.05, 4.69) is 28.3 Å². The van der Waals surface area contributed by atoms with Gasteiger partial charge in [0.05, 0.1) is 24.2 Å². The van der Waals surface area contributed by atoms with E-state index in [0.717, 1.165) is 38.4 Å². The first-order chi connectivity index (χ1) is 7.84. The Hall–Kier alpha value is -1.29. The van der Waals surface area contributed by atoms with Crippen molar-refractivity contribution in [2.45, 2.75) is 12.3 Å². The van der Waals surface area contributed by atoms with Crippen LogP contribution < -0.4 is 10.2 Å². The lowest BCUT2D eigenvalue weighted by molar-refractivity contribution is 0.193. The third-order valence-corrected chi connectivity index (χ3v) is 3.43. The van der Waals surface area contributed by atoms with Crippen LogP contribution in [0.1, 0.15) is 18.0 Å². The first kappa shape index (κ1) is 9.90. The molecule has 1 aromatic heterocycles. The highest BCUT2D eigenvalue weighted by atomic mass is 16.5. The van der Waals surface area contributed by atoms with Gasteiger partial charge < -0.3 is 15.0 Å². The summed E-state index contributed by atoms with van der Waals surface area (Å²) in [6, 6.07) is 2.21. The Kier molecular flexibility index (Phi) is 2.44. The summed E-state index contributed by atoms with van der Waals surface area (Å²) in [6.45, 7) is 3.75. The maximum atomic E-state index is 5.41. The number of ether oxygens (including phenoxy) is 1. The maximum Gasteiger partial charge on any atom is 0.0765 e. The van der Waals surface area contributed by atoms with Crippen molar-refractivity contribution < 1.29 is 4.74 Å². The normalized spacial score (nSPS) is 24.1. The van der Waals surface area contributed by atoms with Gasteiger partial charge in [0.15, 0.2) is 0 Å². The Balaban J connectivity index is 1.93. The number of likely N-dealkylation sites (N-methyl/N-ethyl adjacent to an activating group) is 1. The Bertz CT molecular complexity index is 388. The smallest absolute Gasteiger partial charge is 0.0765 e. The summed E-state index contributed by atoms with van der Waals surface area (Å²) in [4.78, 5) is 6.82. The number of hydrogen-bond donors (Lipinski definition) is 1. The molecule has 0 aliphatic carbocycles. The second-order valence-corrected chi connectivity index (χ2v) is 4.54. The van der Waals surface area contributed by atoms with Crippen molar-refractivity contribution in [3.63, 3.8) is 0 Å². The predicted molar refractivity (Wildman–Crippen MR) is 64.2 cm³/mol. The summed E-state index contributed by atoms with van der Waals surface area (Å²) >= 11 is 0. The van der Waals surface area contributed by atoms with E-state index in [4.69, 9.17) is 4.74 Å². The molecule has 0 bridgehead atoms. The lowest BCUT2D eigenvalue weighted by atomic mass is 10.0. The van der Waals surface area contributed by atoms with E-state index in [-0.39, 0.29) is 0 Å². The quantitative estimate of drug-likeness (QED) is 0.775. The van der Waals surface area contributed by atoms with Gasteiger partial charge in [-0.25, -0.2) is 0 Å². The SMILES string of the molecule is CN1CCNc2cnc(C3CCOC3)cc21. The molecule has 2 aliphatic heterocycles. The van der Waals surface area contributed by atoms with Crippen LogP contribution in [0.4, 0.5) is 11.4 Å². The van der Waals surface area contributed by atoms with Crippen molar-refractivity contribution >= 4 is 11.4 Å². The minimum absolute atomic E-state index is 0.487. The van der Waals surface area contributed by atoms with Gasteiger partial charge in [0.25, 0.3) is 0 Å². The van der Waals surface area contributed by atoms with Crippen LogP contribution in [-0.4, -0.2) is 38.3 Å². The molecule has 0 saturated carbocycles. The highest BCUT2D eigenvalue weighted by Crippen LogP contribution is 2.32. The zero-order valence-corrected chi connectivity index (χ0v) is 9.57. The monoisotopic (exact) mass is 219 g/mol. The third-order valence-electron chi connectivity index (χ3n) is 3.43. The molecule has 3 heterocycles. The number of rotatable bonds is 1. The van der Waals surface area contributed by atoms with Gasteiger partial charge in [-0.3, -0.25) is 4.98 Å². The topological polar surface area (TPSA) is 37.4 Å². The van der Waals surface area contributed by atoms with Gasteiger partial charge in [0.1, 0.15) is 0 Å². The van der Waals surface area contributed by atoms with Crippen LogP contribution in [-0.2, 0) is 4.74 Å². The average Bonchev–Trinajstić information content (AvgIpc) is 2.83. The van der Waals surface area contributed by atoms with E-state index in [1.165, 1.54) is 11.4 Å². The molecule has 16 heavy (non-hydrogen) atoms. The Labute approximate surface area is 95.6 Å². The van der Waals surface area contributed by atoms with Crippen molar-refractivity contribution in [1.82, 2.24) is 4.98 Å². The van der Waals surface area contributed by atoms with Gasteiger partial charge in [-0.15, -0.1) is 0 Å². The third kappa shape index (κ3) is 1.63. The highest BCUT2D eigenvalue weighted by Gasteiger charge is 2.22. The van der Waals surface area contributed by atoms with Gasteiger partial charge in [-0.05, 0) is 12.5 Å². The number of nitrogens with one attached hydrogen (secondary N) is 1. The highest BCUT2D eigenvalue weighted by molar-refractivity contribution is 5.71. The fourth-order valence-corrected chi connectivity index (χ4v) is 2.38. The Morgan fingerprint density at radius 1 is 1.56 bits per heavy atom. The van der Waals surface area contributed by atoms with Crippen molar-refractivity contribution in [2.75, 3.05) is 43.6 Å². The van der Waals surface area contributed by atoms with E-state index >= 15 is 0 Å². The van der Waals surface area contributed by atoms with E-state index in [9.17, 15) is 0 Å². The summed E-state index contributed by atoms with van der Waals surface area (Å²) < 4.78 is 5.41. The van der Waals surface area contributed by atoms with Crippen LogP contribution in [0.15, 0.2) is 12.3 Å². The molecule has 1 atom stereocenters. The molecule has 4 heteroatoms. The van der Waals surface area contributed by atoms with Crippen LogP contribution >= 0.6 is 0 Å². The van der Waals surface area contributed by atoms with Gasteiger partial charge >= 0.3 is 0 Å². The molecule has 0 spiro atoms. The number of nitrogens with zero attached hydrogens (tertiary/aromatic N) is 2. The zero-order valence-electron chi connectivity index (χ0n) is 9.57. The molecule has 0 amide bonds.